The quantitative estimate of drug-likeness (QED) is 0.487. The SMILES string of the molecule is CON(C)C(=O)/C=C/c1ccc(C(=O)OC(C)(C)C)cc1F. The fraction of sp³-hybridized carbons (Fsp3) is 0.375. The van der Waals surface area contributed by atoms with Crippen molar-refractivity contribution in [3.8, 4) is 0 Å². The van der Waals surface area contributed by atoms with Crippen LogP contribution in [0, 0.1) is 5.82 Å². The molecule has 120 valence electrons. The van der Waals surface area contributed by atoms with Crippen LogP contribution in [0.1, 0.15) is 36.7 Å². The number of hydrogen-bond acceptors (Lipinski definition) is 4. The van der Waals surface area contributed by atoms with Gasteiger partial charge in [0.25, 0.3) is 5.91 Å². The summed E-state index contributed by atoms with van der Waals surface area (Å²) in [6, 6.07) is 3.94. The molecular weight excluding hydrogens is 289 g/mol. The number of halogens is 1. The van der Waals surface area contributed by atoms with E-state index in [0.29, 0.717) is 0 Å². The first kappa shape index (κ1) is 17.8. The Morgan fingerprint density at radius 2 is 1.91 bits per heavy atom. The number of esters is 1. The molecule has 0 unspecified atom stereocenters. The molecule has 6 heteroatoms. The second-order valence-corrected chi connectivity index (χ2v) is 5.59. The van der Waals surface area contributed by atoms with Gasteiger partial charge in [-0.25, -0.2) is 14.2 Å². The Morgan fingerprint density at radius 3 is 2.41 bits per heavy atom. The summed E-state index contributed by atoms with van der Waals surface area (Å²) < 4.78 is 19.1. The second kappa shape index (κ2) is 7.17. The molecule has 0 fully saturated rings. The molecule has 0 bridgehead atoms. The van der Waals surface area contributed by atoms with Crippen LogP contribution in [0.25, 0.3) is 6.08 Å². The number of rotatable bonds is 4. The van der Waals surface area contributed by atoms with Gasteiger partial charge in [0.2, 0.25) is 0 Å². The molecular formula is C16H20FNO4. The van der Waals surface area contributed by atoms with Gasteiger partial charge in [-0.15, -0.1) is 0 Å². The first-order valence-electron chi connectivity index (χ1n) is 6.67. The predicted octanol–water partition coefficient (Wildman–Crippen LogP) is 2.81. The molecule has 0 atom stereocenters. The number of ether oxygens (including phenoxy) is 1. The molecule has 0 saturated carbocycles. The van der Waals surface area contributed by atoms with Gasteiger partial charge in [0, 0.05) is 18.7 Å². The maximum Gasteiger partial charge on any atom is 0.338 e. The summed E-state index contributed by atoms with van der Waals surface area (Å²) in [5.74, 6) is -1.65. The molecule has 1 rings (SSSR count). The largest absolute Gasteiger partial charge is 0.456 e. The van der Waals surface area contributed by atoms with E-state index in [4.69, 9.17) is 9.57 Å². The van der Waals surface area contributed by atoms with Crippen molar-refractivity contribution in [2.24, 2.45) is 0 Å². The molecule has 1 aromatic rings. The van der Waals surface area contributed by atoms with Gasteiger partial charge < -0.3 is 4.74 Å². The van der Waals surface area contributed by atoms with E-state index >= 15 is 0 Å². The number of carbonyl (C=O) groups excluding carboxylic acids is 2. The Labute approximate surface area is 129 Å². The van der Waals surface area contributed by atoms with Crippen molar-refractivity contribution < 1.29 is 23.6 Å². The average molecular weight is 309 g/mol. The van der Waals surface area contributed by atoms with Gasteiger partial charge in [-0.3, -0.25) is 9.63 Å². The smallest absolute Gasteiger partial charge is 0.338 e. The standard InChI is InChI=1S/C16H20FNO4/c1-16(2,3)22-15(20)12-7-6-11(13(17)10-12)8-9-14(19)18(4)21-5/h6-10H,1-5H3/b9-8+. The Bertz CT molecular complexity index is 590. The lowest BCUT2D eigenvalue weighted by Gasteiger charge is -2.19. The Hall–Kier alpha value is -2.21. The molecule has 1 amide bonds. The van der Waals surface area contributed by atoms with E-state index in [2.05, 4.69) is 0 Å². The third-order valence-electron chi connectivity index (χ3n) is 2.62. The van der Waals surface area contributed by atoms with Crippen molar-refractivity contribution in [3.63, 3.8) is 0 Å². The molecule has 0 radical (unpaired) electrons. The Balaban J connectivity index is 2.89. The van der Waals surface area contributed by atoms with Gasteiger partial charge in [-0.1, -0.05) is 6.07 Å². The molecule has 0 saturated heterocycles. The summed E-state index contributed by atoms with van der Waals surface area (Å²) in [6.07, 6.45) is 2.49. The zero-order valence-corrected chi connectivity index (χ0v) is 13.3. The first-order chi connectivity index (χ1) is 10.1. The van der Waals surface area contributed by atoms with Crippen molar-refractivity contribution in [3.05, 3.63) is 41.2 Å². The highest BCUT2D eigenvalue weighted by Crippen LogP contribution is 2.16. The maximum absolute atomic E-state index is 14.0. The Morgan fingerprint density at radius 1 is 1.27 bits per heavy atom. The van der Waals surface area contributed by atoms with Crippen molar-refractivity contribution >= 4 is 18.0 Å². The normalized spacial score (nSPS) is 11.5. The predicted molar refractivity (Wildman–Crippen MR) is 80.4 cm³/mol. The topological polar surface area (TPSA) is 55.8 Å². The van der Waals surface area contributed by atoms with E-state index in [0.717, 1.165) is 11.1 Å². The lowest BCUT2D eigenvalue weighted by molar-refractivity contribution is -0.162. The van der Waals surface area contributed by atoms with Crippen molar-refractivity contribution in [2.45, 2.75) is 26.4 Å². The van der Waals surface area contributed by atoms with E-state index in [1.54, 1.807) is 20.8 Å². The number of hydrogen-bond donors (Lipinski definition) is 0. The average Bonchev–Trinajstić information content (AvgIpc) is 2.42. The third-order valence-corrected chi connectivity index (χ3v) is 2.62. The molecule has 0 aliphatic rings. The van der Waals surface area contributed by atoms with E-state index in [1.807, 2.05) is 0 Å². The van der Waals surface area contributed by atoms with Crippen LogP contribution in [0.2, 0.25) is 0 Å². The molecule has 0 aliphatic carbocycles. The Kier molecular flexibility index (Phi) is 5.82. The molecule has 22 heavy (non-hydrogen) atoms. The highest BCUT2D eigenvalue weighted by Gasteiger charge is 2.18. The van der Waals surface area contributed by atoms with Crippen LogP contribution in [0.15, 0.2) is 24.3 Å². The number of nitrogens with zero attached hydrogens (tertiary/aromatic N) is 1. The fourth-order valence-corrected chi connectivity index (χ4v) is 1.48. The van der Waals surface area contributed by atoms with Crippen LogP contribution in [0.4, 0.5) is 4.39 Å². The van der Waals surface area contributed by atoms with E-state index < -0.39 is 23.3 Å². The van der Waals surface area contributed by atoms with Crippen LogP contribution in [0.3, 0.4) is 0 Å². The summed E-state index contributed by atoms with van der Waals surface area (Å²) >= 11 is 0. The summed E-state index contributed by atoms with van der Waals surface area (Å²) in [6.45, 7) is 5.20. The molecule has 5 nitrogen and oxygen atoms in total. The van der Waals surface area contributed by atoms with E-state index in [-0.39, 0.29) is 11.1 Å². The highest BCUT2D eigenvalue weighted by atomic mass is 19.1. The number of likely N-dealkylation sites (N-methyl/N-ethyl adjacent to an activating group) is 1. The van der Waals surface area contributed by atoms with E-state index in [1.165, 1.54) is 38.4 Å². The van der Waals surface area contributed by atoms with Crippen molar-refractivity contribution in [1.29, 1.82) is 0 Å². The monoisotopic (exact) mass is 309 g/mol. The van der Waals surface area contributed by atoms with Gasteiger partial charge in [-0.05, 0) is 39.0 Å². The third kappa shape index (κ3) is 5.29. The van der Waals surface area contributed by atoms with Gasteiger partial charge in [0.1, 0.15) is 11.4 Å². The van der Waals surface area contributed by atoms with Gasteiger partial charge in [0.05, 0.1) is 12.7 Å². The minimum Gasteiger partial charge on any atom is -0.456 e. The maximum atomic E-state index is 14.0. The summed E-state index contributed by atoms with van der Waals surface area (Å²) in [7, 11) is 2.79. The number of amides is 1. The molecule has 0 heterocycles. The van der Waals surface area contributed by atoms with Crippen LogP contribution >= 0.6 is 0 Å². The summed E-state index contributed by atoms with van der Waals surface area (Å²) in [5.41, 5.74) is -0.349. The second-order valence-electron chi connectivity index (χ2n) is 5.59. The minimum atomic E-state index is -0.650. The van der Waals surface area contributed by atoms with Crippen LogP contribution in [-0.2, 0) is 14.4 Å². The minimum absolute atomic E-state index is 0.116. The molecule has 1 aromatic carbocycles. The van der Waals surface area contributed by atoms with Crippen LogP contribution < -0.4 is 0 Å². The van der Waals surface area contributed by atoms with Crippen LogP contribution in [-0.4, -0.2) is 36.7 Å². The highest BCUT2D eigenvalue weighted by molar-refractivity contribution is 5.92. The molecule has 0 aromatic heterocycles. The van der Waals surface area contributed by atoms with Gasteiger partial charge >= 0.3 is 5.97 Å². The molecule has 0 spiro atoms. The van der Waals surface area contributed by atoms with E-state index in [9.17, 15) is 14.0 Å². The summed E-state index contributed by atoms with van der Waals surface area (Å²) in [5, 5.41) is 1.00. The van der Waals surface area contributed by atoms with Crippen molar-refractivity contribution in [2.75, 3.05) is 14.2 Å². The lowest BCUT2D eigenvalue weighted by atomic mass is 10.1. The molecule has 0 N–H and O–H groups in total. The number of carbonyl (C=O) groups is 2. The van der Waals surface area contributed by atoms with Crippen molar-refractivity contribution in [1.82, 2.24) is 5.06 Å². The fourth-order valence-electron chi connectivity index (χ4n) is 1.48. The lowest BCUT2D eigenvalue weighted by Crippen LogP contribution is -2.24. The molecule has 0 aliphatic heterocycles. The zero-order chi connectivity index (χ0) is 16.9. The number of benzene rings is 1. The van der Waals surface area contributed by atoms with Gasteiger partial charge in [-0.2, -0.15) is 0 Å². The first-order valence-corrected chi connectivity index (χ1v) is 6.67. The zero-order valence-electron chi connectivity index (χ0n) is 13.3. The van der Waals surface area contributed by atoms with Gasteiger partial charge in [0.15, 0.2) is 0 Å². The number of hydroxylamine groups is 2. The summed E-state index contributed by atoms with van der Waals surface area (Å²) in [4.78, 5) is 28.0. The van der Waals surface area contributed by atoms with Crippen LogP contribution in [0.5, 0.6) is 0 Å².